The van der Waals surface area contributed by atoms with Gasteiger partial charge in [-0.2, -0.15) is 0 Å². The fourth-order valence-corrected chi connectivity index (χ4v) is 1.17. The Morgan fingerprint density at radius 2 is 2.31 bits per heavy atom. The number of nitrogens with zero attached hydrogens (tertiary/aromatic N) is 3. The van der Waals surface area contributed by atoms with Crippen molar-refractivity contribution in [1.82, 2.24) is 15.5 Å². The molecule has 0 radical (unpaired) electrons. The van der Waals surface area contributed by atoms with Crippen molar-refractivity contribution in [3.63, 3.8) is 0 Å². The molecule has 1 amide bonds. The van der Waals surface area contributed by atoms with Gasteiger partial charge in [-0.25, -0.2) is 0 Å². The van der Waals surface area contributed by atoms with Crippen LogP contribution in [0.15, 0.2) is 4.42 Å². The highest BCUT2D eigenvalue weighted by Gasteiger charge is 2.17. The Balaban J connectivity index is 2.74. The van der Waals surface area contributed by atoms with Crippen LogP contribution < -0.4 is 10.2 Å². The summed E-state index contributed by atoms with van der Waals surface area (Å²) in [5.74, 6) is 0.243. The summed E-state index contributed by atoms with van der Waals surface area (Å²) in [6.07, 6.45) is 0. The van der Waals surface area contributed by atoms with Crippen LogP contribution in [0, 0.1) is 0 Å². The van der Waals surface area contributed by atoms with Gasteiger partial charge in [-0.15, -0.1) is 16.7 Å². The molecule has 0 saturated heterocycles. The van der Waals surface area contributed by atoms with Crippen LogP contribution in [-0.2, 0) is 4.79 Å². The van der Waals surface area contributed by atoms with Gasteiger partial charge in [-0.1, -0.05) is 5.10 Å². The minimum atomic E-state index is -0.333. The van der Waals surface area contributed by atoms with Crippen LogP contribution in [0.25, 0.3) is 0 Å². The van der Waals surface area contributed by atoms with Gasteiger partial charge in [-0.3, -0.25) is 4.79 Å². The molecule has 1 atom stereocenters. The van der Waals surface area contributed by atoms with Crippen molar-refractivity contribution in [1.29, 1.82) is 0 Å². The molecule has 1 aromatic heterocycles. The molecule has 1 heterocycles. The molecular formula is C9H15ClN4O2. The number of likely N-dealkylation sites (N-methyl/N-ethyl adjacent to an activating group) is 2. The number of nitrogens with one attached hydrogen (secondary N) is 1. The molecule has 1 rings (SSSR count). The summed E-state index contributed by atoms with van der Waals surface area (Å²) in [4.78, 5) is 12.9. The minimum Gasteiger partial charge on any atom is -0.406 e. The van der Waals surface area contributed by atoms with E-state index in [0.717, 1.165) is 0 Å². The summed E-state index contributed by atoms with van der Waals surface area (Å²) in [7, 11) is 1.58. The van der Waals surface area contributed by atoms with E-state index in [0.29, 0.717) is 18.5 Å². The van der Waals surface area contributed by atoms with E-state index in [9.17, 15) is 4.79 Å². The van der Waals surface area contributed by atoms with Crippen LogP contribution in [0.4, 0.5) is 6.01 Å². The van der Waals surface area contributed by atoms with Crippen LogP contribution in [0.5, 0.6) is 0 Å². The number of halogens is 1. The zero-order valence-corrected chi connectivity index (χ0v) is 10.3. The van der Waals surface area contributed by atoms with Gasteiger partial charge in [0.25, 0.3) is 0 Å². The molecule has 7 heteroatoms. The Labute approximate surface area is 99.0 Å². The van der Waals surface area contributed by atoms with Crippen LogP contribution in [-0.4, -0.2) is 36.2 Å². The first-order valence-electron chi connectivity index (χ1n) is 5.01. The molecule has 90 valence electrons. The average molecular weight is 247 g/mol. The predicted octanol–water partition coefficient (Wildman–Crippen LogP) is 0.942. The molecular weight excluding hydrogens is 232 g/mol. The van der Waals surface area contributed by atoms with E-state index in [4.69, 9.17) is 16.0 Å². The molecule has 0 aliphatic rings. The molecule has 0 saturated carbocycles. The van der Waals surface area contributed by atoms with Crippen LogP contribution in [0.1, 0.15) is 25.1 Å². The van der Waals surface area contributed by atoms with Gasteiger partial charge in [0.05, 0.1) is 0 Å². The standard InChI is InChI=1S/C9H15ClN4O2/c1-4-14(5-7(15)11-3)9-13-12-8(16-9)6(2)10/h6H,4-5H2,1-3H3,(H,11,15). The maximum atomic E-state index is 11.2. The van der Waals surface area contributed by atoms with Gasteiger partial charge in [0.15, 0.2) is 0 Å². The Bertz CT molecular complexity index is 353. The lowest BCUT2D eigenvalue weighted by atomic mass is 10.5. The Morgan fingerprint density at radius 1 is 1.62 bits per heavy atom. The lowest BCUT2D eigenvalue weighted by molar-refractivity contribution is -0.119. The third-order valence-corrected chi connectivity index (χ3v) is 2.22. The van der Waals surface area contributed by atoms with Crippen molar-refractivity contribution < 1.29 is 9.21 Å². The van der Waals surface area contributed by atoms with Gasteiger partial charge in [-0.05, 0) is 13.8 Å². The number of rotatable bonds is 5. The minimum absolute atomic E-state index is 0.111. The summed E-state index contributed by atoms with van der Waals surface area (Å²) in [5.41, 5.74) is 0. The second-order valence-electron chi connectivity index (χ2n) is 3.23. The SMILES string of the molecule is CCN(CC(=O)NC)c1nnc(C(C)Cl)o1. The molecule has 0 aromatic carbocycles. The number of hydrogen-bond donors (Lipinski definition) is 1. The zero-order valence-electron chi connectivity index (χ0n) is 9.53. The monoisotopic (exact) mass is 246 g/mol. The van der Waals surface area contributed by atoms with E-state index >= 15 is 0 Å². The molecule has 0 aliphatic carbocycles. The maximum absolute atomic E-state index is 11.2. The Hall–Kier alpha value is -1.30. The van der Waals surface area contributed by atoms with E-state index in [1.165, 1.54) is 0 Å². The number of carbonyl (C=O) groups excluding carboxylic acids is 1. The van der Waals surface area contributed by atoms with Crippen LogP contribution in [0.2, 0.25) is 0 Å². The quantitative estimate of drug-likeness (QED) is 0.783. The second kappa shape index (κ2) is 5.69. The van der Waals surface area contributed by atoms with Crippen molar-refractivity contribution in [3.05, 3.63) is 5.89 Å². The van der Waals surface area contributed by atoms with Crippen molar-refractivity contribution in [2.24, 2.45) is 0 Å². The molecule has 0 fully saturated rings. The van der Waals surface area contributed by atoms with Crippen LogP contribution in [0.3, 0.4) is 0 Å². The first-order valence-corrected chi connectivity index (χ1v) is 5.45. The molecule has 1 N–H and O–H groups in total. The van der Waals surface area contributed by atoms with Gasteiger partial charge < -0.3 is 14.6 Å². The average Bonchev–Trinajstić information content (AvgIpc) is 2.74. The van der Waals surface area contributed by atoms with Gasteiger partial charge in [0.2, 0.25) is 11.8 Å². The molecule has 0 spiro atoms. The summed E-state index contributed by atoms with van der Waals surface area (Å²) in [6, 6.07) is 0.314. The number of anilines is 1. The van der Waals surface area contributed by atoms with E-state index in [2.05, 4.69) is 15.5 Å². The number of amides is 1. The second-order valence-corrected chi connectivity index (χ2v) is 3.88. The van der Waals surface area contributed by atoms with Crippen molar-refractivity contribution >= 4 is 23.5 Å². The number of hydrogen-bond acceptors (Lipinski definition) is 5. The topological polar surface area (TPSA) is 71.3 Å². The lowest BCUT2D eigenvalue weighted by Crippen LogP contribution is -2.35. The molecule has 0 aliphatic heterocycles. The van der Waals surface area contributed by atoms with E-state index in [1.54, 1.807) is 18.9 Å². The smallest absolute Gasteiger partial charge is 0.318 e. The largest absolute Gasteiger partial charge is 0.406 e. The first-order chi connectivity index (χ1) is 7.58. The zero-order chi connectivity index (χ0) is 12.1. The number of carbonyl (C=O) groups is 1. The molecule has 6 nitrogen and oxygen atoms in total. The molecule has 1 unspecified atom stereocenters. The van der Waals surface area contributed by atoms with E-state index < -0.39 is 0 Å². The van der Waals surface area contributed by atoms with Gasteiger partial charge in [0.1, 0.15) is 11.9 Å². The van der Waals surface area contributed by atoms with Crippen LogP contribution >= 0.6 is 11.6 Å². The number of aromatic nitrogens is 2. The van der Waals surface area contributed by atoms with Crippen molar-refractivity contribution in [2.75, 3.05) is 25.0 Å². The molecule has 0 bridgehead atoms. The third kappa shape index (κ3) is 3.10. The fourth-order valence-electron chi connectivity index (χ4n) is 1.08. The summed E-state index contributed by atoms with van der Waals surface area (Å²) >= 11 is 5.80. The highest BCUT2D eigenvalue weighted by molar-refractivity contribution is 6.20. The van der Waals surface area contributed by atoms with E-state index in [1.807, 2.05) is 6.92 Å². The summed E-state index contributed by atoms with van der Waals surface area (Å²) < 4.78 is 5.34. The Morgan fingerprint density at radius 3 is 2.75 bits per heavy atom. The third-order valence-electron chi connectivity index (χ3n) is 2.04. The van der Waals surface area contributed by atoms with Crippen molar-refractivity contribution in [3.8, 4) is 0 Å². The predicted molar refractivity (Wildman–Crippen MR) is 60.5 cm³/mol. The van der Waals surface area contributed by atoms with Gasteiger partial charge in [0, 0.05) is 13.6 Å². The molecule has 1 aromatic rings. The number of alkyl halides is 1. The maximum Gasteiger partial charge on any atom is 0.318 e. The highest BCUT2D eigenvalue weighted by atomic mass is 35.5. The normalized spacial score (nSPS) is 12.2. The fraction of sp³-hybridized carbons (Fsp3) is 0.667. The Kier molecular flexibility index (Phi) is 4.54. The van der Waals surface area contributed by atoms with Crippen molar-refractivity contribution in [2.45, 2.75) is 19.2 Å². The molecule has 16 heavy (non-hydrogen) atoms. The van der Waals surface area contributed by atoms with E-state index in [-0.39, 0.29) is 17.8 Å². The summed E-state index contributed by atoms with van der Waals surface area (Å²) in [5, 5.41) is 9.84. The highest BCUT2D eigenvalue weighted by Crippen LogP contribution is 2.21. The summed E-state index contributed by atoms with van der Waals surface area (Å²) in [6.45, 7) is 4.43. The van der Waals surface area contributed by atoms with Gasteiger partial charge >= 0.3 is 6.01 Å². The first kappa shape index (κ1) is 12.8. The lowest BCUT2D eigenvalue weighted by Gasteiger charge is -2.16.